The number of hydrogen-bond acceptors (Lipinski definition) is 4. The number of aromatic amines is 1. The van der Waals surface area contributed by atoms with Gasteiger partial charge in [0.05, 0.1) is 12.3 Å². The van der Waals surface area contributed by atoms with E-state index in [2.05, 4.69) is 16.9 Å². The zero-order chi connectivity index (χ0) is 17.8. The number of ether oxygens (including phenoxy) is 1. The number of nitrogens with zero attached hydrogens (tertiary/aromatic N) is 1. The number of fused-ring (bicyclic) bond motifs is 1. The van der Waals surface area contributed by atoms with E-state index in [-0.39, 0.29) is 17.3 Å². The van der Waals surface area contributed by atoms with Gasteiger partial charge < -0.3 is 9.72 Å². The molecule has 1 atom stereocenters. The topological polar surface area (TPSA) is 72.0 Å². The molecule has 25 heavy (non-hydrogen) atoms. The number of ketones is 1. The highest BCUT2D eigenvalue weighted by atomic mass is 16.5. The Labute approximate surface area is 147 Å². The number of H-pyrrole nitrogens is 1. The van der Waals surface area contributed by atoms with Gasteiger partial charge >= 0.3 is 0 Å². The van der Waals surface area contributed by atoms with Gasteiger partial charge in [-0.3, -0.25) is 9.59 Å². The Balaban J connectivity index is 1.55. The lowest BCUT2D eigenvalue weighted by atomic mass is 10.1. The molecule has 5 nitrogen and oxygen atoms in total. The van der Waals surface area contributed by atoms with E-state index < -0.39 is 0 Å². The fourth-order valence-electron chi connectivity index (χ4n) is 3.23. The third-order valence-electron chi connectivity index (χ3n) is 4.61. The van der Waals surface area contributed by atoms with Crippen LogP contribution in [0.5, 0.6) is 5.75 Å². The molecule has 1 N–H and O–H groups in total. The van der Waals surface area contributed by atoms with Crippen molar-refractivity contribution in [2.75, 3.05) is 6.61 Å². The lowest BCUT2D eigenvalue weighted by Gasteiger charge is -2.11. The molecule has 1 heterocycles. The molecule has 1 unspecified atom stereocenters. The van der Waals surface area contributed by atoms with Gasteiger partial charge in [-0.15, -0.1) is 0 Å². The highest BCUT2D eigenvalue weighted by Crippen LogP contribution is 2.24. The van der Waals surface area contributed by atoms with Gasteiger partial charge in [0.2, 0.25) is 0 Å². The van der Waals surface area contributed by atoms with Crippen molar-refractivity contribution in [3.05, 3.63) is 57.3 Å². The van der Waals surface area contributed by atoms with Crippen LogP contribution in [0.3, 0.4) is 0 Å². The molecule has 132 valence electrons. The summed E-state index contributed by atoms with van der Waals surface area (Å²) < 4.78 is 5.86. The molecule has 0 radical (unpaired) electrons. The third-order valence-corrected chi connectivity index (χ3v) is 4.61. The van der Waals surface area contributed by atoms with Gasteiger partial charge in [0.15, 0.2) is 5.78 Å². The fourth-order valence-corrected chi connectivity index (χ4v) is 3.23. The van der Waals surface area contributed by atoms with E-state index in [1.807, 2.05) is 24.3 Å². The van der Waals surface area contributed by atoms with Crippen LogP contribution in [0, 0.1) is 12.8 Å². The number of unbranched alkanes of at least 4 members (excludes halogenated alkanes) is 1. The van der Waals surface area contributed by atoms with E-state index in [4.69, 9.17) is 4.74 Å². The highest BCUT2D eigenvalue weighted by molar-refractivity contribution is 5.96. The van der Waals surface area contributed by atoms with Crippen molar-refractivity contribution in [2.45, 2.75) is 46.0 Å². The second kappa shape index (κ2) is 7.64. The molecule has 0 amide bonds. The predicted octanol–water partition coefficient (Wildman–Crippen LogP) is 3.25. The lowest BCUT2D eigenvalue weighted by Crippen LogP contribution is -2.16. The standard InChI is InChI=1S/C20H24N2O3/c1-3-4-5-19(23)15-6-8-16(9-7-15)25-12-14-10-17-18(11-14)21-13(2)22-20(17)24/h6-9,14H,3-5,10-12H2,1-2H3,(H,21,22,24). The Kier molecular flexibility index (Phi) is 5.31. The third kappa shape index (κ3) is 4.16. The molecule has 0 aliphatic heterocycles. The number of rotatable bonds is 7. The quantitative estimate of drug-likeness (QED) is 0.785. The van der Waals surface area contributed by atoms with Gasteiger partial charge in [0, 0.05) is 23.5 Å². The Hall–Kier alpha value is -2.43. The largest absolute Gasteiger partial charge is 0.493 e. The molecule has 0 bridgehead atoms. The molecule has 0 spiro atoms. The van der Waals surface area contributed by atoms with Gasteiger partial charge in [0.1, 0.15) is 11.6 Å². The van der Waals surface area contributed by atoms with Crippen molar-refractivity contribution in [1.29, 1.82) is 0 Å². The van der Waals surface area contributed by atoms with Crippen LogP contribution in [0.4, 0.5) is 0 Å². The maximum atomic E-state index is 12.0. The van der Waals surface area contributed by atoms with Crippen LogP contribution >= 0.6 is 0 Å². The molecule has 2 aromatic rings. The second-order valence-corrected chi connectivity index (χ2v) is 6.71. The molecular weight excluding hydrogens is 316 g/mol. The van der Waals surface area contributed by atoms with E-state index in [1.165, 1.54) is 0 Å². The number of benzene rings is 1. The minimum Gasteiger partial charge on any atom is -0.493 e. The van der Waals surface area contributed by atoms with E-state index >= 15 is 0 Å². The number of nitrogens with one attached hydrogen (secondary N) is 1. The fraction of sp³-hybridized carbons (Fsp3) is 0.450. The summed E-state index contributed by atoms with van der Waals surface area (Å²) in [4.78, 5) is 31.1. The van der Waals surface area contributed by atoms with Crippen molar-refractivity contribution >= 4 is 5.78 Å². The first-order chi connectivity index (χ1) is 12.1. The zero-order valence-corrected chi connectivity index (χ0v) is 14.8. The molecule has 0 saturated carbocycles. The van der Waals surface area contributed by atoms with Gasteiger partial charge in [-0.25, -0.2) is 4.98 Å². The van der Waals surface area contributed by atoms with Crippen LogP contribution in [0.25, 0.3) is 0 Å². The predicted molar refractivity (Wildman–Crippen MR) is 96.3 cm³/mol. The van der Waals surface area contributed by atoms with Gasteiger partial charge in [0.25, 0.3) is 5.56 Å². The lowest BCUT2D eigenvalue weighted by molar-refractivity contribution is 0.0979. The van der Waals surface area contributed by atoms with Crippen LogP contribution in [0.15, 0.2) is 29.1 Å². The van der Waals surface area contributed by atoms with Crippen molar-refractivity contribution in [2.24, 2.45) is 5.92 Å². The maximum Gasteiger partial charge on any atom is 0.254 e. The Morgan fingerprint density at radius 3 is 2.76 bits per heavy atom. The maximum absolute atomic E-state index is 12.0. The summed E-state index contributed by atoms with van der Waals surface area (Å²) in [7, 11) is 0. The van der Waals surface area contributed by atoms with Crippen LogP contribution in [0.1, 0.15) is 53.6 Å². The SMILES string of the molecule is CCCCC(=O)c1ccc(OCC2Cc3nc(C)[nH]c(=O)c3C2)cc1. The summed E-state index contributed by atoms with van der Waals surface area (Å²) in [5.41, 5.74) is 2.39. The number of aryl methyl sites for hydroxylation is 1. The summed E-state index contributed by atoms with van der Waals surface area (Å²) >= 11 is 0. The van der Waals surface area contributed by atoms with Crippen LogP contribution < -0.4 is 10.3 Å². The van der Waals surface area contributed by atoms with E-state index in [9.17, 15) is 9.59 Å². The first kappa shape index (κ1) is 17.4. The van der Waals surface area contributed by atoms with Crippen molar-refractivity contribution in [3.8, 4) is 5.75 Å². The van der Waals surface area contributed by atoms with Crippen molar-refractivity contribution in [3.63, 3.8) is 0 Å². The highest BCUT2D eigenvalue weighted by Gasteiger charge is 2.26. The zero-order valence-electron chi connectivity index (χ0n) is 14.8. The monoisotopic (exact) mass is 340 g/mol. The minimum atomic E-state index is -0.0278. The van der Waals surface area contributed by atoms with E-state index in [0.717, 1.165) is 41.8 Å². The molecule has 3 rings (SSSR count). The van der Waals surface area contributed by atoms with E-state index in [1.54, 1.807) is 6.92 Å². The molecule has 1 aliphatic rings. The van der Waals surface area contributed by atoms with Crippen molar-refractivity contribution in [1.82, 2.24) is 9.97 Å². The Bertz CT molecular complexity index is 809. The summed E-state index contributed by atoms with van der Waals surface area (Å²) in [5, 5.41) is 0. The first-order valence-corrected chi connectivity index (χ1v) is 8.91. The first-order valence-electron chi connectivity index (χ1n) is 8.91. The molecule has 1 aromatic heterocycles. The molecule has 0 saturated heterocycles. The molecule has 5 heteroatoms. The number of Topliss-reactive ketones (excluding diaryl/α,β-unsaturated/α-hetero) is 1. The minimum absolute atomic E-state index is 0.0278. The Morgan fingerprint density at radius 1 is 1.28 bits per heavy atom. The van der Waals surface area contributed by atoms with Crippen LogP contribution in [-0.2, 0) is 12.8 Å². The summed E-state index contributed by atoms with van der Waals surface area (Å²) in [6.45, 7) is 4.42. The summed E-state index contributed by atoms with van der Waals surface area (Å²) in [6, 6.07) is 7.34. The van der Waals surface area contributed by atoms with E-state index in [0.29, 0.717) is 25.3 Å². The van der Waals surface area contributed by atoms with Gasteiger partial charge in [-0.2, -0.15) is 0 Å². The number of hydrogen-bond donors (Lipinski definition) is 1. The Morgan fingerprint density at radius 2 is 2.04 bits per heavy atom. The molecule has 1 aliphatic carbocycles. The molecule has 0 fully saturated rings. The van der Waals surface area contributed by atoms with Crippen molar-refractivity contribution < 1.29 is 9.53 Å². The summed E-state index contributed by atoms with van der Waals surface area (Å²) in [5.74, 6) is 1.85. The average Bonchev–Trinajstić information content (AvgIpc) is 3.01. The van der Waals surface area contributed by atoms with Gasteiger partial charge in [-0.05, 0) is 50.5 Å². The smallest absolute Gasteiger partial charge is 0.254 e. The number of carbonyl (C=O) groups excluding carboxylic acids is 1. The number of carbonyl (C=O) groups is 1. The molecule has 1 aromatic carbocycles. The van der Waals surface area contributed by atoms with Gasteiger partial charge in [-0.1, -0.05) is 13.3 Å². The molecular formula is C20H24N2O3. The number of aromatic nitrogens is 2. The van der Waals surface area contributed by atoms with Crippen LogP contribution in [0.2, 0.25) is 0 Å². The average molecular weight is 340 g/mol. The van der Waals surface area contributed by atoms with Crippen LogP contribution in [-0.4, -0.2) is 22.4 Å². The normalized spacial score (nSPS) is 15.8. The second-order valence-electron chi connectivity index (χ2n) is 6.71. The summed E-state index contributed by atoms with van der Waals surface area (Å²) in [6.07, 6.45) is 4.01.